The summed E-state index contributed by atoms with van der Waals surface area (Å²) in [5, 5.41) is 18.9. The number of hydrogen-bond donors (Lipinski definition) is 1. The number of hydrogen-bond acceptors (Lipinski definition) is 3. The lowest BCUT2D eigenvalue weighted by Crippen LogP contribution is -2.08. The van der Waals surface area contributed by atoms with Crippen LogP contribution in [0.1, 0.15) is 32.3 Å². The van der Waals surface area contributed by atoms with Gasteiger partial charge in [-0.1, -0.05) is 19.9 Å². The first kappa shape index (κ1) is 15.0. The van der Waals surface area contributed by atoms with Crippen molar-refractivity contribution in [3.05, 3.63) is 39.7 Å². The first-order valence-corrected chi connectivity index (χ1v) is 5.10. The highest BCUT2D eigenvalue weighted by Gasteiger charge is 2.19. The Morgan fingerprint density at radius 2 is 2.00 bits per heavy atom. The molecule has 0 amide bonds. The number of carboxylic acids is 1. The van der Waals surface area contributed by atoms with E-state index in [2.05, 4.69) is 0 Å². The van der Waals surface area contributed by atoms with Gasteiger partial charge in [-0.3, -0.25) is 14.9 Å². The second kappa shape index (κ2) is 6.57. The fraction of sp³-hybridized carbons (Fsp3) is 0.364. The number of carboxylic acid groups (broad SMARTS) is 1. The van der Waals surface area contributed by atoms with Gasteiger partial charge in [0, 0.05) is 6.07 Å². The number of nitro groups is 1. The summed E-state index contributed by atoms with van der Waals surface area (Å²) in [6.45, 7) is 5.38. The zero-order chi connectivity index (χ0) is 13.6. The Bertz CT molecular complexity index is 420. The highest BCUT2D eigenvalue weighted by atomic mass is 19.1. The van der Waals surface area contributed by atoms with Gasteiger partial charge in [-0.15, -0.1) is 0 Å². The van der Waals surface area contributed by atoms with E-state index in [0.717, 1.165) is 12.1 Å². The minimum atomic E-state index is -1.11. The van der Waals surface area contributed by atoms with Crippen LogP contribution in [0.4, 0.5) is 10.1 Å². The number of halogens is 1. The van der Waals surface area contributed by atoms with E-state index >= 15 is 0 Å². The van der Waals surface area contributed by atoms with Crippen molar-refractivity contribution in [2.75, 3.05) is 0 Å². The molecule has 5 nitrogen and oxygen atoms in total. The van der Waals surface area contributed by atoms with Gasteiger partial charge in [0.2, 0.25) is 5.82 Å². The summed E-state index contributed by atoms with van der Waals surface area (Å²) in [6.07, 6.45) is 0. The van der Waals surface area contributed by atoms with E-state index in [1.807, 2.05) is 13.8 Å². The Labute approximate surface area is 98.0 Å². The maximum absolute atomic E-state index is 13.1. The predicted octanol–water partition coefficient (Wildman–Crippen LogP) is 2.95. The van der Waals surface area contributed by atoms with E-state index in [1.165, 1.54) is 13.0 Å². The van der Waals surface area contributed by atoms with Crippen molar-refractivity contribution in [2.45, 2.75) is 26.7 Å². The molecule has 0 aliphatic heterocycles. The van der Waals surface area contributed by atoms with Crippen LogP contribution in [-0.4, -0.2) is 16.0 Å². The third-order valence-electron chi connectivity index (χ3n) is 2.04. The number of rotatable bonds is 3. The van der Waals surface area contributed by atoms with E-state index in [1.54, 1.807) is 0 Å². The smallest absolute Gasteiger partial charge is 0.310 e. The molecule has 1 atom stereocenters. The molecule has 94 valence electrons. The second-order valence-electron chi connectivity index (χ2n) is 3.03. The Hall–Kier alpha value is -1.98. The Morgan fingerprint density at radius 3 is 2.35 bits per heavy atom. The third kappa shape index (κ3) is 3.82. The summed E-state index contributed by atoms with van der Waals surface area (Å²) in [7, 11) is 0. The molecule has 6 heteroatoms. The van der Waals surface area contributed by atoms with Gasteiger partial charge in [0.1, 0.15) is 0 Å². The lowest BCUT2D eigenvalue weighted by atomic mass is 10.0. The maximum Gasteiger partial charge on any atom is 0.310 e. The molecular weight excluding hydrogens is 229 g/mol. The molecule has 0 aromatic heterocycles. The average molecular weight is 243 g/mol. The van der Waals surface area contributed by atoms with E-state index in [9.17, 15) is 19.3 Å². The van der Waals surface area contributed by atoms with Crippen LogP contribution in [0.5, 0.6) is 0 Å². The van der Waals surface area contributed by atoms with Crippen molar-refractivity contribution in [1.82, 2.24) is 0 Å². The van der Waals surface area contributed by atoms with E-state index in [4.69, 9.17) is 5.11 Å². The fourth-order valence-electron chi connectivity index (χ4n) is 1.08. The van der Waals surface area contributed by atoms with Crippen molar-refractivity contribution >= 4 is 11.7 Å². The summed E-state index contributed by atoms with van der Waals surface area (Å²) in [6, 6.07) is 3.07. The molecule has 0 spiro atoms. The molecule has 0 radical (unpaired) electrons. The van der Waals surface area contributed by atoms with Crippen LogP contribution < -0.4 is 0 Å². The Kier molecular flexibility index (Phi) is 5.80. The molecule has 0 aliphatic carbocycles. The van der Waals surface area contributed by atoms with E-state index in [-0.39, 0.29) is 5.56 Å². The van der Waals surface area contributed by atoms with E-state index in [0.29, 0.717) is 0 Å². The number of aliphatic carboxylic acids is 1. The van der Waals surface area contributed by atoms with Crippen molar-refractivity contribution in [2.24, 2.45) is 0 Å². The lowest BCUT2D eigenvalue weighted by molar-refractivity contribution is -0.387. The molecule has 0 aliphatic rings. The molecule has 1 N–H and O–H groups in total. The van der Waals surface area contributed by atoms with Crippen molar-refractivity contribution < 1.29 is 19.2 Å². The highest BCUT2D eigenvalue weighted by Crippen LogP contribution is 2.22. The summed E-state index contributed by atoms with van der Waals surface area (Å²) in [4.78, 5) is 20.0. The summed E-state index contributed by atoms with van der Waals surface area (Å²) in [5.41, 5.74) is -0.457. The molecule has 0 heterocycles. The maximum atomic E-state index is 13.1. The number of nitrogens with zero attached hydrogens (tertiary/aromatic N) is 1. The zero-order valence-corrected chi connectivity index (χ0v) is 9.81. The van der Waals surface area contributed by atoms with Crippen molar-refractivity contribution in [3.8, 4) is 0 Å². The molecule has 0 bridgehead atoms. The van der Waals surface area contributed by atoms with Gasteiger partial charge < -0.3 is 5.11 Å². The van der Waals surface area contributed by atoms with Gasteiger partial charge in [0.15, 0.2) is 0 Å². The topological polar surface area (TPSA) is 80.4 Å². The average Bonchev–Trinajstić information content (AvgIpc) is 2.29. The monoisotopic (exact) mass is 243 g/mol. The fourth-order valence-corrected chi connectivity index (χ4v) is 1.08. The van der Waals surface area contributed by atoms with Crippen LogP contribution in [-0.2, 0) is 4.79 Å². The quantitative estimate of drug-likeness (QED) is 0.653. The second-order valence-corrected chi connectivity index (χ2v) is 3.03. The third-order valence-corrected chi connectivity index (χ3v) is 2.04. The molecule has 0 saturated carbocycles. The Balaban J connectivity index is 0.00000121. The molecule has 0 fully saturated rings. The Morgan fingerprint density at radius 1 is 1.47 bits per heavy atom. The molecule has 0 saturated heterocycles. The molecular formula is C11H14FNO4. The van der Waals surface area contributed by atoms with Gasteiger partial charge in [-0.05, 0) is 18.6 Å². The zero-order valence-electron chi connectivity index (χ0n) is 9.81. The summed E-state index contributed by atoms with van der Waals surface area (Å²) < 4.78 is 13.1. The molecule has 17 heavy (non-hydrogen) atoms. The van der Waals surface area contributed by atoms with Crippen LogP contribution in [0.3, 0.4) is 0 Å². The largest absolute Gasteiger partial charge is 0.481 e. The van der Waals surface area contributed by atoms with Crippen LogP contribution >= 0.6 is 0 Å². The normalized spacial score (nSPS) is 11.1. The van der Waals surface area contributed by atoms with Crippen LogP contribution in [0.15, 0.2) is 18.2 Å². The first-order chi connectivity index (χ1) is 7.93. The number of nitro benzene ring substituents is 1. The van der Waals surface area contributed by atoms with Crippen LogP contribution in [0.25, 0.3) is 0 Å². The minimum absolute atomic E-state index is 0.200. The lowest BCUT2D eigenvalue weighted by Gasteiger charge is -2.05. The van der Waals surface area contributed by atoms with Gasteiger partial charge in [-0.2, -0.15) is 4.39 Å². The van der Waals surface area contributed by atoms with Gasteiger partial charge >= 0.3 is 11.7 Å². The summed E-state index contributed by atoms with van der Waals surface area (Å²) in [5.74, 6) is -3.02. The van der Waals surface area contributed by atoms with Gasteiger partial charge in [-0.25, -0.2) is 0 Å². The van der Waals surface area contributed by atoms with Gasteiger partial charge in [0.05, 0.1) is 10.8 Å². The van der Waals surface area contributed by atoms with Gasteiger partial charge in [0.25, 0.3) is 0 Å². The molecule has 1 unspecified atom stereocenters. The first-order valence-electron chi connectivity index (χ1n) is 5.10. The molecule has 1 rings (SSSR count). The van der Waals surface area contributed by atoms with Crippen molar-refractivity contribution in [3.63, 3.8) is 0 Å². The van der Waals surface area contributed by atoms with Crippen LogP contribution in [0, 0.1) is 15.9 Å². The van der Waals surface area contributed by atoms with Crippen molar-refractivity contribution in [1.29, 1.82) is 0 Å². The summed E-state index contributed by atoms with van der Waals surface area (Å²) >= 11 is 0. The number of carbonyl (C=O) groups is 1. The molecule has 1 aromatic carbocycles. The SMILES string of the molecule is CC.CC(C(=O)O)c1ccc([N+](=O)[O-])c(F)c1. The standard InChI is InChI=1S/C9H8FNO4.C2H6/c1-5(9(12)13)6-2-3-8(11(14)15)7(10)4-6;1-2/h2-5H,1H3,(H,12,13);1-2H3. The van der Waals surface area contributed by atoms with E-state index < -0.39 is 28.3 Å². The predicted molar refractivity (Wildman–Crippen MR) is 60.5 cm³/mol. The molecule has 1 aromatic rings. The minimum Gasteiger partial charge on any atom is -0.481 e. The highest BCUT2D eigenvalue weighted by molar-refractivity contribution is 5.75. The number of benzene rings is 1. The van der Waals surface area contributed by atoms with Crippen LogP contribution in [0.2, 0.25) is 0 Å².